The molecule has 3 aliphatic rings. The lowest BCUT2D eigenvalue weighted by Gasteiger charge is -2.36. The van der Waals surface area contributed by atoms with Crippen LogP contribution in [0.25, 0.3) is 21.8 Å². The highest BCUT2D eigenvalue weighted by atomic mass is 32.2. The molecule has 5 aromatic rings. The van der Waals surface area contributed by atoms with Gasteiger partial charge in [-0.1, -0.05) is 116 Å². The van der Waals surface area contributed by atoms with E-state index in [1.807, 2.05) is 13.8 Å². The van der Waals surface area contributed by atoms with Crippen molar-refractivity contribution in [3.05, 3.63) is 102 Å². The number of hydrogen-bond acceptors (Lipinski definition) is 24. The number of amidine groups is 1. The van der Waals surface area contributed by atoms with Gasteiger partial charge >= 0.3 is 5.97 Å². The van der Waals surface area contributed by atoms with Crippen LogP contribution in [0.1, 0.15) is 156 Å². The second kappa shape index (κ2) is 52.7. The number of aromatic hydroxyl groups is 1. The number of carboxylic acids is 1. The fourth-order valence-electron chi connectivity index (χ4n) is 17.1. The Balaban J connectivity index is 1.23. The number of rotatable bonds is 27. The number of likely N-dealkylation sites (N-methyl/N-ethyl adjacent to an activating group) is 3. The van der Waals surface area contributed by atoms with Gasteiger partial charge in [0.2, 0.25) is 107 Å². The number of nitriles is 1. The van der Waals surface area contributed by atoms with Crippen LogP contribution >= 0.6 is 11.8 Å². The second-order valence-electron chi connectivity index (χ2n) is 36.3. The summed E-state index contributed by atoms with van der Waals surface area (Å²) < 4.78 is 1.44. The molecule has 139 heavy (non-hydrogen) atoms. The number of nitrogens with one attached hydrogen (secondary N) is 12. The number of phenols is 1. The molecule has 0 radical (unpaired) electrons. The molecular formula is C94H133N23O21S. The number of phenolic OH excluding ortho intramolecular Hbond substituents is 1. The van der Waals surface area contributed by atoms with Crippen molar-refractivity contribution in [2.75, 3.05) is 65.4 Å². The van der Waals surface area contributed by atoms with Crippen molar-refractivity contribution in [3.63, 3.8) is 0 Å². The van der Waals surface area contributed by atoms with E-state index >= 15 is 38.4 Å². The Morgan fingerprint density at radius 1 is 0.583 bits per heavy atom. The molecule has 0 saturated carbocycles. The van der Waals surface area contributed by atoms with Gasteiger partial charge in [-0.25, -0.2) is 0 Å². The number of aromatic nitrogens is 2. The van der Waals surface area contributed by atoms with Gasteiger partial charge in [-0.05, 0) is 118 Å². The number of fused-ring (bicyclic) bond motifs is 4. The van der Waals surface area contributed by atoms with E-state index in [1.54, 1.807) is 88.6 Å². The van der Waals surface area contributed by atoms with E-state index in [0.717, 1.165) is 36.3 Å². The Morgan fingerprint density at radius 2 is 1.14 bits per heavy atom. The molecular weight excluding hydrogens is 1820 g/mol. The van der Waals surface area contributed by atoms with Gasteiger partial charge in [-0.15, -0.1) is 11.8 Å². The quantitative estimate of drug-likeness (QED) is 0.0158. The highest BCUT2D eigenvalue weighted by Gasteiger charge is 2.47. The predicted octanol–water partition coefficient (Wildman–Crippen LogP) is -1.71. The summed E-state index contributed by atoms with van der Waals surface area (Å²) in [5, 5.41) is 71.9. The number of carbonyl (C=O) groups excluding carboxylic acids is 17. The molecule has 21 N–H and O–H groups in total. The van der Waals surface area contributed by atoms with Crippen LogP contribution in [0, 0.1) is 23.3 Å². The van der Waals surface area contributed by atoms with Crippen molar-refractivity contribution < 1.29 is 102 Å². The van der Waals surface area contributed by atoms with Gasteiger partial charge in [-0.3, -0.25) is 86.3 Å². The maximum Gasteiger partial charge on any atom is 0.323 e. The smallest absolute Gasteiger partial charge is 0.323 e. The Morgan fingerprint density at radius 3 is 1.78 bits per heavy atom. The second-order valence-corrected chi connectivity index (χ2v) is 37.3. The maximum atomic E-state index is 16.0. The van der Waals surface area contributed by atoms with E-state index in [-0.39, 0.29) is 94.8 Å². The van der Waals surface area contributed by atoms with Crippen LogP contribution in [0.3, 0.4) is 0 Å². The number of thioether (sulfide) groups is 1. The summed E-state index contributed by atoms with van der Waals surface area (Å²) in [5.74, 6) is -19.2. The van der Waals surface area contributed by atoms with Crippen molar-refractivity contribution in [1.29, 1.82) is 5.26 Å². The number of aromatic amines is 1. The number of unbranched alkanes of at least 4 members (excludes halogenated alkanes) is 2. The molecule has 3 fully saturated rings. The Labute approximate surface area is 809 Å². The molecule has 0 bridgehead atoms. The first kappa shape index (κ1) is 111. The number of aliphatic hydroxyl groups is 1. The SMILES string of the molecule is CCCC[C@H]1C(=O)N(C)[C@@H](CCCC)C(=O)N[C@@H](CC(C)C)C(=O)N[C@H](C(=O)NCC(N)=O)CSCC(=O)N[C@@H](Cc2ccc(O)cc2)C(=O)N(C)[C@@H](C)C(=O)N[C@@H](CC(N)=O)C(=O)N2CCC[C@H]2C(=O)N[C@@H](CNC(C)=NC#N)C(=O)N[C@@H](CC(C)C)C(=O)N2C[C@H](O)C[C@H]2C(=O)N[C@@H](Cc2c[nH]c3ccccc23)C(=O)N[C@@H](CCN)C(=O)N[C@@H](Cc2cn(CC(=O)O)c3ccccc23)C(=O)N1C. The summed E-state index contributed by atoms with van der Waals surface area (Å²) in [5.41, 5.74) is 19.7. The summed E-state index contributed by atoms with van der Waals surface area (Å²) in [6, 6.07) is -2.64. The molecule has 0 spiro atoms. The average Bonchev–Trinajstić information content (AvgIpc) is 1.69. The van der Waals surface area contributed by atoms with Gasteiger partial charge < -0.3 is 125 Å². The monoisotopic (exact) mass is 1950 g/mol. The van der Waals surface area contributed by atoms with E-state index in [0.29, 0.717) is 64.2 Å². The zero-order valence-electron chi connectivity index (χ0n) is 80.3. The number of amides is 17. The third-order valence-electron chi connectivity index (χ3n) is 24.6. The van der Waals surface area contributed by atoms with Gasteiger partial charge in [0.1, 0.15) is 103 Å². The van der Waals surface area contributed by atoms with E-state index in [1.165, 1.54) is 70.0 Å². The van der Waals surface area contributed by atoms with Crippen LogP contribution in [0.4, 0.5) is 0 Å². The largest absolute Gasteiger partial charge is 0.508 e. The zero-order valence-corrected chi connectivity index (χ0v) is 81.1. The summed E-state index contributed by atoms with van der Waals surface area (Å²) in [4.78, 5) is 276. The molecule has 3 saturated heterocycles. The molecule has 45 heteroatoms. The lowest BCUT2D eigenvalue weighted by Crippen LogP contribution is -2.62. The van der Waals surface area contributed by atoms with E-state index in [2.05, 4.69) is 68.5 Å². The summed E-state index contributed by atoms with van der Waals surface area (Å²) in [7, 11) is 3.90. The van der Waals surface area contributed by atoms with Gasteiger partial charge in [-0.2, -0.15) is 10.3 Å². The minimum atomic E-state index is -1.81. The number of H-pyrrole nitrogens is 1. The molecule has 17 amide bonds. The summed E-state index contributed by atoms with van der Waals surface area (Å²) in [6.45, 7) is 10.6. The highest BCUT2D eigenvalue weighted by molar-refractivity contribution is 8.00. The Bertz CT molecular complexity index is 5330. The minimum Gasteiger partial charge on any atom is -0.508 e. The van der Waals surface area contributed by atoms with Crippen molar-refractivity contribution in [2.45, 2.75) is 255 Å². The van der Waals surface area contributed by atoms with Gasteiger partial charge in [0.25, 0.3) is 0 Å². The number of aliphatic carboxylic acids is 1. The van der Waals surface area contributed by atoms with Crippen LogP contribution in [0.5, 0.6) is 5.75 Å². The first-order chi connectivity index (χ1) is 66.0. The number of primary amides is 2. The number of carboxylic acid groups (broad SMARTS) is 1. The molecule has 2 aromatic heterocycles. The highest BCUT2D eigenvalue weighted by Crippen LogP contribution is 2.29. The number of benzene rings is 3. The Hall–Kier alpha value is -13.8. The lowest BCUT2D eigenvalue weighted by molar-refractivity contribution is -0.149. The van der Waals surface area contributed by atoms with E-state index < -0.39 is 254 Å². The molecule has 0 aliphatic carbocycles. The Kier molecular flexibility index (Phi) is 41.9. The van der Waals surface area contributed by atoms with E-state index in [4.69, 9.17) is 17.2 Å². The number of nitrogens with zero attached hydrogens (tertiary/aromatic N) is 8. The van der Waals surface area contributed by atoms with Crippen LogP contribution in [-0.2, 0) is 112 Å². The van der Waals surface area contributed by atoms with Gasteiger partial charge in [0, 0.05) is 106 Å². The average molecular weight is 1950 g/mol. The fraction of sp³-hybridized carbons (Fsp3) is 0.553. The van der Waals surface area contributed by atoms with Crippen LogP contribution in [-0.4, -0.2) is 318 Å². The van der Waals surface area contributed by atoms with Crippen LogP contribution in [0.2, 0.25) is 0 Å². The molecule has 3 aliphatic heterocycles. The van der Waals surface area contributed by atoms with Gasteiger partial charge in [0.15, 0.2) is 0 Å². The zero-order chi connectivity index (χ0) is 102. The number of hydrogen-bond donors (Lipinski definition) is 18. The van der Waals surface area contributed by atoms with Crippen molar-refractivity contribution in [2.24, 2.45) is 34.0 Å². The molecule has 15 atom stereocenters. The molecule has 3 aromatic carbocycles. The van der Waals surface area contributed by atoms with Gasteiger partial charge in [0.05, 0.1) is 24.8 Å². The van der Waals surface area contributed by atoms with Crippen LogP contribution < -0.4 is 75.7 Å². The lowest BCUT2D eigenvalue weighted by atomic mass is 9.99. The molecule has 5 heterocycles. The van der Waals surface area contributed by atoms with E-state index in [9.17, 15) is 68.5 Å². The predicted molar refractivity (Wildman–Crippen MR) is 512 cm³/mol. The fourth-order valence-corrected chi connectivity index (χ4v) is 18.0. The maximum absolute atomic E-state index is 16.0. The van der Waals surface area contributed by atoms with Crippen molar-refractivity contribution >= 4 is 146 Å². The molecule has 8 rings (SSSR count). The standard InChI is InChI=1S/C94H133N23O21S/c1-12-14-24-73-87(131)105-64(35-51(3)4)84(128)111-71(82(126)101-44-78(98)121)48-139-49-79(122)103-67(37-55-28-30-58(118)31-29-55)90(134)112(9)53(7)81(125)107-69(41-77(97)120)92(136)116-34-20-27-74(116)88(132)110-70(43-99-54(8)102-50-96)86(130)108-66(36-52(5)6)93(137)117-46-59(119)40-76(117)89(133)106-65(38-56-42-100-62-23-18-16-21-60(56)62)85(129)104-63(32-33-95)83(127)109-68(91(135)114(11)75(25-15-13-2)94(138)113(73)10)39-57-45-115(47-80(123)124)72-26-19-17-22-61(57)72/h16-19,21-23,26,28-31,42,45,51-53,59,63-71,73-76,100,118-119H,12-15,20,24-25,27,32-41,43-44,46-49,95H2,1-11H3,(H2,97,120)(H2,98,121)(H,99,102)(H,101,126)(H,103,122)(H,104,129)(H,105,131)(H,106,133)(H,107,125)(H,108,130)(H,109,127)(H,110,132)(H,111,128)(H,123,124)/t53-,59+,63-,64-,65-,66-,67-,68-,69-,70-,71-,73-,74-,75-,76-/m0/s1. The minimum absolute atomic E-state index is 0.00472. The molecule has 756 valence electrons. The number of aliphatic hydroxyl groups excluding tert-OH is 1. The third kappa shape index (κ3) is 31.4. The first-order valence-electron chi connectivity index (χ1n) is 46.7. The normalized spacial score (nSPS) is 24.5. The van der Waals surface area contributed by atoms with Crippen molar-refractivity contribution in [1.82, 2.24) is 92.5 Å². The van der Waals surface area contributed by atoms with Crippen LogP contribution in [0.15, 0.2) is 90.2 Å². The summed E-state index contributed by atoms with van der Waals surface area (Å²) in [6.07, 6.45) is 2.23. The first-order valence-corrected chi connectivity index (χ1v) is 47.9. The summed E-state index contributed by atoms with van der Waals surface area (Å²) >= 11 is 0.777. The number of para-hydroxylation sites is 2. The third-order valence-corrected chi connectivity index (χ3v) is 25.7. The number of aliphatic imine (C=N–C) groups is 1. The number of nitrogens with two attached hydrogens (primary N) is 3. The van der Waals surface area contributed by atoms with Crippen molar-refractivity contribution in [3.8, 4) is 11.9 Å². The topological polar surface area (TPSA) is 651 Å². The molecule has 0 unspecified atom stereocenters. The number of carbonyl (C=O) groups is 18. The molecule has 44 nitrogen and oxygen atoms in total.